The fourth-order valence-electron chi connectivity index (χ4n) is 0.301. The monoisotopic (exact) mass is 168 g/mol. The zero-order valence-corrected chi connectivity index (χ0v) is 8.14. The molecule has 11 heavy (non-hydrogen) atoms. The van der Waals surface area contributed by atoms with Crippen LogP contribution in [0.3, 0.4) is 0 Å². The second-order valence-corrected chi connectivity index (χ2v) is 1.93. The number of hydrogen-bond donors (Lipinski definition) is 1. The maximum absolute atomic E-state index is 4.06. The van der Waals surface area contributed by atoms with Gasteiger partial charge in [-0.2, -0.15) is 0 Å². The van der Waals surface area contributed by atoms with Crippen LogP contribution in [0.1, 0.15) is 13.8 Å². The second kappa shape index (κ2) is 12.0. The van der Waals surface area contributed by atoms with Crippen LogP contribution in [0.2, 0.25) is 0 Å². The Kier molecular flexibility index (Phi) is 14.2. The number of hydrogen-bond acceptors (Lipinski definition) is 1. The van der Waals surface area contributed by atoms with Crippen molar-refractivity contribution in [2.45, 2.75) is 13.8 Å². The summed E-state index contributed by atoms with van der Waals surface area (Å²) in [5.41, 5.74) is 0. The summed E-state index contributed by atoms with van der Waals surface area (Å²) in [5.74, 6) is 0. The van der Waals surface area contributed by atoms with Crippen molar-refractivity contribution in [3.8, 4) is 0 Å². The van der Waals surface area contributed by atoms with Crippen LogP contribution in [0.15, 0.2) is 48.4 Å². The molecule has 1 heteroatoms. The van der Waals surface area contributed by atoms with Gasteiger partial charge in [0.15, 0.2) is 0 Å². The summed E-state index contributed by atoms with van der Waals surface area (Å²) >= 11 is 4.06. The summed E-state index contributed by atoms with van der Waals surface area (Å²) in [4.78, 5) is 0.855. The van der Waals surface area contributed by atoms with Gasteiger partial charge in [-0.3, -0.25) is 0 Å². The molecule has 0 heterocycles. The minimum absolute atomic E-state index is 0.855. The van der Waals surface area contributed by atoms with Crippen LogP contribution in [0.5, 0.6) is 0 Å². The highest BCUT2D eigenvalue weighted by Gasteiger charge is 1.72. The molecule has 0 saturated carbocycles. The number of allylic oxidation sites excluding steroid dienone is 5. The van der Waals surface area contributed by atoms with Gasteiger partial charge in [0.25, 0.3) is 0 Å². The maximum Gasteiger partial charge on any atom is 0.00340 e. The quantitative estimate of drug-likeness (QED) is 0.481. The van der Waals surface area contributed by atoms with Crippen molar-refractivity contribution in [2.24, 2.45) is 0 Å². The van der Waals surface area contributed by atoms with E-state index in [0.29, 0.717) is 0 Å². The zero-order valence-electron chi connectivity index (χ0n) is 7.25. The highest BCUT2D eigenvalue weighted by molar-refractivity contribution is 7.84. The Bertz CT molecular complexity index is 152. The molecule has 0 spiro atoms. The average Bonchev–Trinajstić information content (AvgIpc) is 2.08. The average molecular weight is 168 g/mol. The van der Waals surface area contributed by atoms with Crippen molar-refractivity contribution in [1.29, 1.82) is 0 Å². The third kappa shape index (κ3) is 12.5. The fraction of sp³-hybridized carbons (Fsp3) is 0.200. The van der Waals surface area contributed by atoms with Gasteiger partial charge in [0.2, 0.25) is 0 Å². The van der Waals surface area contributed by atoms with E-state index in [0.717, 1.165) is 4.91 Å². The third-order valence-corrected chi connectivity index (χ3v) is 1.05. The molecule has 62 valence electrons. The molecule has 0 saturated heterocycles. The van der Waals surface area contributed by atoms with Crippen molar-refractivity contribution >= 4 is 12.6 Å². The minimum Gasteiger partial charge on any atom is -0.143 e. The lowest BCUT2D eigenvalue weighted by atomic mass is 10.4. The third-order valence-electron chi connectivity index (χ3n) is 0.723. The normalized spacial score (nSPS) is 10.3. The lowest BCUT2D eigenvalue weighted by molar-refractivity contribution is 1.50. The molecule has 0 N–H and O–H groups in total. The summed E-state index contributed by atoms with van der Waals surface area (Å²) < 4.78 is 0. The summed E-state index contributed by atoms with van der Waals surface area (Å²) in [5, 5.41) is 0. The molecule has 0 rings (SSSR count). The molecule has 0 aliphatic heterocycles. The van der Waals surface area contributed by atoms with Gasteiger partial charge in [-0.25, -0.2) is 0 Å². The maximum atomic E-state index is 4.06. The molecule has 0 atom stereocenters. The summed E-state index contributed by atoms with van der Waals surface area (Å²) in [6, 6.07) is 0. The highest BCUT2D eigenvalue weighted by Crippen LogP contribution is 1.99. The van der Waals surface area contributed by atoms with Crippen LogP contribution >= 0.6 is 12.6 Å². The SMILES string of the molecule is C=C/C=C\C=C(\S)C=C.CC. The lowest BCUT2D eigenvalue weighted by Crippen LogP contribution is -1.56. The van der Waals surface area contributed by atoms with E-state index in [2.05, 4.69) is 25.8 Å². The predicted molar refractivity (Wildman–Crippen MR) is 58.0 cm³/mol. The van der Waals surface area contributed by atoms with Crippen LogP contribution in [0.4, 0.5) is 0 Å². The number of thiol groups is 1. The smallest absolute Gasteiger partial charge is 0.00340 e. The first-order valence-electron chi connectivity index (χ1n) is 3.62. The summed E-state index contributed by atoms with van der Waals surface area (Å²) in [6.07, 6.45) is 8.92. The highest BCUT2D eigenvalue weighted by atomic mass is 32.1. The summed E-state index contributed by atoms with van der Waals surface area (Å²) in [7, 11) is 0. The van der Waals surface area contributed by atoms with Crippen molar-refractivity contribution < 1.29 is 0 Å². The molecule has 0 aromatic carbocycles. The molecule has 0 bridgehead atoms. The van der Waals surface area contributed by atoms with E-state index in [-0.39, 0.29) is 0 Å². The van der Waals surface area contributed by atoms with Crippen LogP contribution in [0, 0.1) is 0 Å². The van der Waals surface area contributed by atoms with Gasteiger partial charge in [-0.05, 0) is 6.08 Å². The molecule has 0 aliphatic rings. The topological polar surface area (TPSA) is 0 Å². The Balaban J connectivity index is 0. The molecule has 0 aromatic heterocycles. The first kappa shape index (κ1) is 12.9. The van der Waals surface area contributed by atoms with Crippen LogP contribution in [-0.4, -0.2) is 0 Å². The fourth-order valence-corrected chi connectivity index (χ4v) is 0.387. The van der Waals surface area contributed by atoms with Crippen LogP contribution in [-0.2, 0) is 0 Å². The van der Waals surface area contributed by atoms with Gasteiger partial charge in [-0.1, -0.05) is 51.3 Å². The standard InChI is InChI=1S/C8H10S.C2H6/c1-3-5-6-7-8(9)4-2;1-2/h3-7,9H,1-2H2;1-2H3/b6-5-,8-7+;. The largest absolute Gasteiger partial charge is 0.143 e. The Morgan fingerprint density at radius 2 is 1.73 bits per heavy atom. The zero-order chi connectivity index (χ0) is 9.11. The minimum atomic E-state index is 0.855. The molecule has 0 radical (unpaired) electrons. The van der Waals surface area contributed by atoms with Gasteiger partial charge >= 0.3 is 0 Å². The van der Waals surface area contributed by atoms with Gasteiger partial charge in [0.1, 0.15) is 0 Å². The Morgan fingerprint density at radius 1 is 1.18 bits per heavy atom. The second-order valence-electron chi connectivity index (χ2n) is 1.42. The lowest BCUT2D eigenvalue weighted by Gasteiger charge is -1.80. The van der Waals surface area contributed by atoms with E-state index < -0.39 is 0 Å². The van der Waals surface area contributed by atoms with Gasteiger partial charge < -0.3 is 0 Å². The van der Waals surface area contributed by atoms with Gasteiger partial charge in [-0.15, -0.1) is 12.6 Å². The molecule has 0 amide bonds. The molecule has 0 aliphatic carbocycles. The molecule has 0 nitrogen and oxygen atoms in total. The number of rotatable bonds is 3. The van der Waals surface area contributed by atoms with Crippen molar-refractivity contribution in [3.63, 3.8) is 0 Å². The van der Waals surface area contributed by atoms with E-state index in [4.69, 9.17) is 0 Å². The Hall–Kier alpha value is -0.690. The predicted octanol–water partition coefficient (Wildman–Crippen LogP) is 3.75. The molecular weight excluding hydrogens is 152 g/mol. The van der Waals surface area contributed by atoms with E-state index in [9.17, 15) is 0 Å². The van der Waals surface area contributed by atoms with Crippen LogP contribution in [0.25, 0.3) is 0 Å². The molecule has 0 unspecified atom stereocenters. The first-order chi connectivity index (χ1) is 5.31. The Morgan fingerprint density at radius 3 is 2.09 bits per heavy atom. The van der Waals surface area contributed by atoms with E-state index >= 15 is 0 Å². The molecule has 0 aromatic rings. The van der Waals surface area contributed by atoms with E-state index in [1.54, 1.807) is 12.2 Å². The first-order valence-corrected chi connectivity index (χ1v) is 4.06. The van der Waals surface area contributed by atoms with Crippen molar-refractivity contribution in [2.75, 3.05) is 0 Å². The van der Waals surface area contributed by atoms with Gasteiger partial charge in [0.05, 0.1) is 0 Å². The van der Waals surface area contributed by atoms with Crippen LogP contribution < -0.4 is 0 Å². The van der Waals surface area contributed by atoms with Crippen molar-refractivity contribution in [3.05, 3.63) is 48.4 Å². The molecule has 0 fully saturated rings. The van der Waals surface area contributed by atoms with E-state index in [1.807, 2.05) is 32.1 Å². The Labute approximate surface area is 75.4 Å². The van der Waals surface area contributed by atoms with E-state index in [1.165, 1.54) is 0 Å². The van der Waals surface area contributed by atoms with Gasteiger partial charge in [0, 0.05) is 4.91 Å². The molecular formula is C10H16S. The summed E-state index contributed by atoms with van der Waals surface area (Å²) in [6.45, 7) is 11.1. The van der Waals surface area contributed by atoms with Crippen molar-refractivity contribution in [1.82, 2.24) is 0 Å².